The molecule has 2 heterocycles. The number of hydrogen-bond donors (Lipinski definition) is 2. The van der Waals surface area contributed by atoms with Gasteiger partial charge in [0.15, 0.2) is 11.5 Å². The number of nitrogens with zero attached hydrogens (tertiary/aromatic N) is 1. The highest BCUT2D eigenvalue weighted by atomic mass is 35.5. The predicted octanol–water partition coefficient (Wildman–Crippen LogP) is 4.16. The van der Waals surface area contributed by atoms with Gasteiger partial charge in [0.05, 0.1) is 10.7 Å². The molecule has 0 aliphatic carbocycles. The van der Waals surface area contributed by atoms with Crippen LogP contribution in [0.2, 0.25) is 5.02 Å². The van der Waals surface area contributed by atoms with Crippen LogP contribution in [0.1, 0.15) is 36.9 Å². The average Bonchev–Trinajstić information content (AvgIpc) is 2.77. The van der Waals surface area contributed by atoms with Gasteiger partial charge in [0.2, 0.25) is 6.10 Å². The smallest absolute Gasteiger partial charge is 0.348 e. The van der Waals surface area contributed by atoms with Crippen LogP contribution in [0.5, 0.6) is 11.5 Å². The Hall–Kier alpha value is -2.44. The molecule has 4 rings (SSSR count). The number of piperidine rings is 1. The molecule has 0 aromatic heterocycles. The van der Waals surface area contributed by atoms with E-state index in [1.165, 1.54) is 5.56 Å². The summed E-state index contributed by atoms with van der Waals surface area (Å²) in [7, 11) is 0. The molecule has 2 aliphatic heterocycles. The van der Waals surface area contributed by atoms with E-state index >= 15 is 0 Å². The minimum absolute atomic E-state index is 0.0383. The Morgan fingerprint density at radius 2 is 1.97 bits per heavy atom. The van der Waals surface area contributed by atoms with Crippen LogP contribution in [-0.4, -0.2) is 41.8 Å². The second-order valence-electron chi connectivity index (χ2n) is 8.12. The number of nitrogen functional groups attached to an aromatic ring is 1. The number of ether oxygens (including phenoxy) is 2. The molecule has 1 saturated heterocycles. The Balaban J connectivity index is 1.44. The van der Waals surface area contributed by atoms with E-state index in [1.807, 2.05) is 12.1 Å². The number of carboxylic acids is 1. The SMILES string of the molecule is CC(c1ccccc1)N1CCC(Cc2cc(Cl)c(N)c3c2OCC(C(=O)O)O3)CC1. The molecule has 2 atom stereocenters. The van der Waals surface area contributed by atoms with Gasteiger partial charge in [-0.3, -0.25) is 4.90 Å². The fraction of sp³-hybridized carbons (Fsp3) is 0.435. The second-order valence-corrected chi connectivity index (χ2v) is 8.52. The van der Waals surface area contributed by atoms with Gasteiger partial charge >= 0.3 is 5.97 Å². The number of rotatable bonds is 5. The Kier molecular flexibility index (Phi) is 6.06. The summed E-state index contributed by atoms with van der Waals surface area (Å²) in [5, 5.41) is 9.59. The van der Waals surface area contributed by atoms with Gasteiger partial charge in [0, 0.05) is 6.04 Å². The largest absolute Gasteiger partial charge is 0.485 e. The summed E-state index contributed by atoms with van der Waals surface area (Å²) >= 11 is 6.31. The van der Waals surface area contributed by atoms with Crippen molar-refractivity contribution in [1.82, 2.24) is 4.90 Å². The topological polar surface area (TPSA) is 85.0 Å². The number of halogens is 1. The Morgan fingerprint density at radius 3 is 2.63 bits per heavy atom. The van der Waals surface area contributed by atoms with Crippen molar-refractivity contribution >= 4 is 23.3 Å². The number of hydrogen-bond acceptors (Lipinski definition) is 5. The van der Waals surface area contributed by atoms with Gasteiger partial charge in [-0.25, -0.2) is 4.79 Å². The molecule has 0 amide bonds. The molecule has 2 aromatic rings. The first-order valence-electron chi connectivity index (χ1n) is 10.4. The second kappa shape index (κ2) is 8.74. The molecule has 0 bridgehead atoms. The Bertz CT molecular complexity index is 913. The van der Waals surface area contributed by atoms with Gasteiger partial charge in [-0.05, 0) is 62.4 Å². The Morgan fingerprint density at radius 1 is 1.27 bits per heavy atom. The molecule has 0 saturated carbocycles. The summed E-state index contributed by atoms with van der Waals surface area (Å²) in [5.74, 6) is 0.205. The number of likely N-dealkylation sites (tertiary alicyclic amines) is 1. The molecule has 3 N–H and O–H groups in total. The third-order valence-corrected chi connectivity index (χ3v) is 6.52. The van der Waals surface area contributed by atoms with Crippen LogP contribution in [0.25, 0.3) is 0 Å². The zero-order valence-electron chi connectivity index (χ0n) is 17.0. The van der Waals surface area contributed by atoms with E-state index in [9.17, 15) is 9.90 Å². The van der Waals surface area contributed by atoms with Gasteiger partial charge in [-0.15, -0.1) is 0 Å². The first-order valence-corrected chi connectivity index (χ1v) is 10.7. The third-order valence-electron chi connectivity index (χ3n) is 6.20. The molecular weight excluding hydrogens is 404 g/mol. The molecule has 2 aromatic carbocycles. The van der Waals surface area contributed by atoms with Crippen molar-refractivity contribution in [1.29, 1.82) is 0 Å². The maximum Gasteiger partial charge on any atom is 0.348 e. The lowest BCUT2D eigenvalue weighted by Gasteiger charge is -2.36. The van der Waals surface area contributed by atoms with Gasteiger partial charge in [-0.2, -0.15) is 0 Å². The molecule has 160 valence electrons. The molecule has 0 radical (unpaired) electrons. The minimum Gasteiger partial charge on any atom is -0.485 e. The number of carboxylic acid groups (broad SMARTS) is 1. The highest BCUT2D eigenvalue weighted by Gasteiger charge is 2.32. The van der Waals surface area contributed by atoms with Crippen molar-refractivity contribution in [3.63, 3.8) is 0 Å². The summed E-state index contributed by atoms with van der Waals surface area (Å²) < 4.78 is 11.4. The predicted molar refractivity (Wildman–Crippen MR) is 116 cm³/mol. The monoisotopic (exact) mass is 430 g/mol. The van der Waals surface area contributed by atoms with Gasteiger partial charge in [0.1, 0.15) is 6.61 Å². The van der Waals surface area contributed by atoms with Crippen LogP contribution in [-0.2, 0) is 11.2 Å². The maximum atomic E-state index is 11.3. The van der Waals surface area contributed by atoms with Crippen molar-refractivity contribution in [3.05, 3.63) is 52.5 Å². The molecule has 6 nitrogen and oxygen atoms in total. The van der Waals surface area contributed by atoms with Crippen LogP contribution >= 0.6 is 11.6 Å². The van der Waals surface area contributed by atoms with E-state index in [-0.39, 0.29) is 18.0 Å². The first kappa shape index (κ1) is 20.8. The summed E-state index contributed by atoms with van der Waals surface area (Å²) in [6.45, 7) is 4.29. The fourth-order valence-electron chi connectivity index (χ4n) is 4.35. The Labute approximate surface area is 181 Å². The van der Waals surface area contributed by atoms with Crippen molar-refractivity contribution < 1.29 is 19.4 Å². The summed E-state index contributed by atoms with van der Waals surface area (Å²) in [4.78, 5) is 13.8. The third kappa shape index (κ3) is 4.20. The van der Waals surface area contributed by atoms with Crippen LogP contribution in [0.4, 0.5) is 5.69 Å². The summed E-state index contributed by atoms with van der Waals surface area (Å²) in [6.07, 6.45) is 1.88. The number of anilines is 1. The van der Waals surface area contributed by atoms with E-state index < -0.39 is 12.1 Å². The molecule has 30 heavy (non-hydrogen) atoms. The molecule has 1 fully saturated rings. The summed E-state index contributed by atoms with van der Waals surface area (Å²) in [5.41, 5.74) is 8.54. The van der Waals surface area contributed by atoms with E-state index in [1.54, 1.807) is 0 Å². The normalized spacial score (nSPS) is 20.7. The average molecular weight is 431 g/mol. The standard InChI is InChI=1S/C23H27ClN2O4/c1-14(16-5-3-2-4-6-16)26-9-7-15(8-10-26)11-17-12-18(24)20(25)22-21(17)29-13-19(30-22)23(27)28/h2-6,12,14-15,19H,7-11,13,25H2,1H3,(H,27,28). The van der Waals surface area contributed by atoms with E-state index in [2.05, 4.69) is 36.1 Å². The first-order chi connectivity index (χ1) is 14.4. The van der Waals surface area contributed by atoms with Crippen molar-refractivity contribution in [3.8, 4) is 11.5 Å². The van der Waals surface area contributed by atoms with E-state index in [4.69, 9.17) is 26.8 Å². The van der Waals surface area contributed by atoms with Crippen LogP contribution in [0.15, 0.2) is 36.4 Å². The molecule has 7 heteroatoms. The van der Waals surface area contributed by atoms with Crippen LogP contribution in [0.3, 0.4) is 0 Å². The molecule has 2 aliphatic rings. The minimum atomic E-state index is -1.08. The number of aliphatic carboxylic acids is 1. The van der Waals surface area contributed by atoms with E-state index in [0.717, 1.165) is 37.9 Å². The van der Waals surface area contributed by atoms with Crippen molar-refractivity contribution in [2.45, 2.75) is 38.3 Å². The molecule has 2 unspecified atom stereocenters. The lowest BCUT2D eigenvalue weighted by atomic mass is 9.88. The van der Waals surface area contributed by atoms with Crippen LogP contribution < -0.4 is 15.2 Å². The number of nitrogens with two attached hydrogens (primary N) is 1. The van der Waals surface area contributed by atoms with Gasteiger partial charge in [0.25, 0.3) is 0 Å². The number of carbonyl (C=O) groups is 1. The van der Waals surface area contributed by atoms with Gasteiger partial charge in [-0.1, -0.05) is 41.9 Å². The number of fused-ring (bicyclic) bond motifs is 1. The molecular formula is C23H27ClN2O4. The number of benzene rings is 2. The highest BCUT2D eigenvalue weighted by molar-refractivity contribution is 6.33. The summed E-state index contributed by atoms with van der Waals surface area (Å²) in [6, 6.07) is 12.8. The maximum absolute atomic E-state index is 11.3. The van der Waals surface area contributed by atoms with Crippen molar-refractivity contribution in [2.24, 2.45) is 5.92 Å². The van der Waals surface area contributed by atoms with Crippen molar-refractivity contribution in [2.75, 3.05) is 25.4 Å². The van der Waals surface area contributed by atoms with Crippen LogP contribution in [0, 0.1) is 5.92 Å². The fourth-order valence-corrected chi connectivity index (χ4v) is 4.57. The zero-order chi connectivity index (χ0) is 21.3. The van der Waals surface area contributed by atoms with E-state index in [0.29, 0.717) is 22.7 Å². The molecule has 0 spiro atoms. The zero-order valence-corrected chi connectivity index (χ0v) is 17.8. The lowest BCUT2D eigenvalue weighted by Crippen LogP contribution is -2.37. The quantitative estimate of drug-likeness (QED) is 0.693. The van der Waals surface area contributed by atoms with Gasteiger partial charge < -0.3 is 20.3 Å². The highest BCUT2D eigenvalue weighted by Crippen LogP contribution is 2.45. The lowest BCUT2D eigenvalue weighted by molar-refractivity contribution is -0.147.